The molecule has 3 rings (SSSR count). The van der Waals surface area contributed by atoms with Gasteiger partial charge in [0.15, 0.2) is 11.5 Å². The second kappa shape index (κ2) is 12.0. The minimum Gasteiger partial charge on any atom is -0.490 e. The van der Waals surface area contributed by atoms with Crippen LogP contribution in [0.4, 0.5) is 4.39 Å². The van der Waals surface area contributed by atoms with Gasteiger partial charge in [-0.25, -0.2) is 4.39 Å². The fraction of sp³-hybridized carbons (Fsp3) is 0.185. The average Bonchev–Trinajstić information content (AvgIpc) is 2.83. The minimum absolute atomic E-state index is 0.0423. The summed E-state index contributed by atoms with van der Waals surface area (Å²) in [4.78, 5) is 12.7. The molecule has 1 N–H and O–H groups in total. The molecule has 0 spiro atoms. The summed E-state index contributed by atoms with van der Waals surface area (Å²) in [5, 5.41) is 12.5. The van der Waals surface area contributed by atoms with Crippen LogP contribution in [0.5, 0.6) is 11.5 Å². The Morgan fingerprint density at radius 2 is 1.85 bits per heavy atom. The van der Waals surface area contributed by atoms with Crippen molar-refractivity contribution in [2.75, 3.05) is 6.61 Å². The van der Waals surface area contributed by atoms with Crippen LogP contribution in [0.15, 0.2) is 76.8 Å². The lowest BCUT2D eigenvalue weighted by atomic mass is 10.1. The Bertz CT molecular complexity index is 1220. The largest absolute Gasteiger partial charge is 0.490 e. The molecule has 0 radical (unpaired) electrons. The van der Waals surface area contributed by atoms with Crippen molar-refractivity contribution in [3.63, 3.8) is 0 Å². The predicted molar refractivity (Wildman–Crippen MR) is 133 cm³/mol. The zero-order valence-corrected chi connectivity index (χ0v) is 20.4. The van der Waals surface area contributed by atoms with E-state index >= 15 is 0 Å². The van der Waals surface area contributed by atoms with Crippen LogP contribution in [0.3, 0.4) is 0 Å². The molecule has 1 atom stereocenters. The summed E-state index contributed by atoms with van der Waals surface area (Å²) in [5.41, 5.74) is 2.16. The molecule has 7 heteroatoms. The lowest BCUT2D eigenvalue weighted by molar-refractivity contribution is -0.117. The third kappa shape index (κ3) is 6.69. The molecule has 0 saturated carbocycles. The van der Waals surface area contributed by atoms with Gasteiger partial charge in [-0.1, -0.05) is 58.4 Å². The van der Waals surface area contributed by atoms with E-state index in [2.05, 4.69) is 21.2 Å². The summed E-state index contributed by atoms with van der Waals surface area (Å²) in [6.45, 7) is 4.24. The van der Waals surface area contributed by atoms with Gasteiger partial charge in [0.1, 0.15) is 24.1 Å². The molecule has 1 amide bonds. The molecule has 0 unspecified atom stereocenters. The molecular weight excluding hydrogens is 499 g/mol. The molecule has 0 heterocycles. The fourth-order valence-electron chi connectivity index (χ4n) is 3.23. The van der Waals surface area contributed by atoms with Gasteiger partial charge in [-0.05, 0) is 60.9 Å². The van der Waals surface area contributed by atoms with E-state index in [0.29, 0.717) is 33.7 Å². The quantitative estimate of drug-likeness (QED) is 0.262. The molecule has 0 aromatic heterocycles. The van der Waals surface area contributed by atoms with Crippen LogP contribution in [0, 0.1) is 17.1 Å². The van der Waals surface area contributed by atoms with Gasteiger partial charge in [-0.2, -0.15) is 5.26 Å². The van der Waals surface area contributed by atoms with Gasteiger partial charge in [0, 0.05) is 4.47 Å². The van der Waals surface area contributed by atoms with Crippen molar-refractivity contribution in [1.29, 1.82) is 5.26 Å². The summed E-state index contributed by atoms with van der Waals surface area (Å²) in [5.74, 6) is 0.0892. The Morgan fingerprint density at radius 1 is 1.12 bits per heavy atom. The summed E-state index contributed by atoms with van der Waals surface area (Å²) >= 11 is 3.48. The van der Waals surface area contributed by atoms with E-state index in [9.17, 15) is 14.4 Å². The number of ether oxygens (including phenoxy) is 2. The van der Waals surface area contributed by atoms with Crippen LogP contribution in [-0.4, -0.2) is 12.5 Å². The number of nitrogens with one attached hydrogen (secondary N) is 1. The van der Waals surface area contributed by atoms with Gasteiger partial charge in [0.05, 0.1) is 12.6 Å². The van der Waals surface area contributed by atoms with Crippen molar-refractivity contribution in [3.8, 4) is 17.6 Å². The molecule has 0 aliphatic heterocycles. The Labute approximate surface area is 207 Å². The lowest BCUT2D eigenvalue weighted by Gasteiger charge is -2.15. The van der Waals surface area contributed by atoms with Gasteiger partial charge in [-0.15, -0.1) is 0 Å². The number of carbonyl (C=O) groups excluding carboxylic acids is 1. The number of benzene rings is 3. The molecule has 0 aliphatic carbocycles. The molecule has 3 aromatic rings. The third-order valence-corrected chi connectivity index (χ3v) is 5.65. The monoisotopic (exact) mass is 522 g/mol. The van der Waals surface area contributed by atoms with Gasteiger partial charge in [0.2, 0.25) is 0 Å². The topological polar surface area (TPSA) is 71.3 Å². The molecule has 0 aliphatic rings. The standard InChI is InChI=1S/C27H24BrFN2O3/c1-3-33-25-14-21(24(28)15-26(25)34-17-19-8-7-11-23(29)12-19)13-22(16-30)27(32)31-18(2)20-9-5-4-6-10-20/h4-15,18H,3,17H2,1-2H3,(H,31,32)/b22-13-/t18-/m0/s1. The zero-order valence-electron chi connectivity index (χ0n) is 18.8. The second-order valence-electron chi connectivity index (χ2n) is 7.45. The summed E-state index contributed by atoms with van der Waals surface area (Å²) in [6, 6.07) is 20.8. The van der Waals surface area contributed by atoms with Crippen LogP contribution in [-0.2, 0) is 11.4 Å². The van der Waals surface area contributed by atoms with E-state index < -0.39 is 5.91 Å². The molecule has 0 bridgehead atoms. The maximum absolute atomic E-state index is 13.5. The maximum Gasteiger partial charge on any atom is 0.262 e. The number of nitriles is 1. The molecule has 0 saturated heterocycles. The SMILES string of the molecule is CCOc1cc(/C=C(/C#N)C(=O)N[C@@H](C)c2ccccc2)c(Br)cc1OCc1cccc(F)c1. The molecular formula is C27H24BrFN2O3. The molecule has 34 heavy (non-hydrogen) atoms. The maximum atomic E-state index is 13.5. The zero-order chi connectivity index (χ0) is 24.5. The molecule has 5 nitrogen and oxygen atoms in total. The second-order valence-corrected chi connectivity index (χ2v) is 8.30. The molecule has 0 fully saturated rings. The van der Waals surface area contributed by atoms with Gasteiger partial charge >= 0.3 is 0 Å². The van der Waals surface area contributed by atoms with Crippen LogP contribution in [0.25, 0.3) is 6.08 Å². The van der Waals surface area contributed by atoms with E-state index in [1.165, 1.54) is 18.2 Å². The highest BCUT2D eigenvalue weighted by molar-refractivity contribution is 9.10. The summed E-state index contributed by atoms with van der Waals surface area (Å²) in [6.07, 6.45) is 1.50. The lowest BCUT2D eigenvalue weighted by Crippen LogP contribution is -2.27. The first kappa shape index (κ1) is 25.0. The van der Waals surface area contributed by atoms with Crippen molar-refractivity contribution >= 4 is 27.9 Å². The Morgan fingerprint density at radius 3 is 2.53 bits per heavy atom. The van der Waals surface area contributed by atoms with Crippen LogP contribution in [0.1, 0.15) is 36.6 Å². The van der Waals surface area contributed by atoms with Crippen molar-refractivity contribution < 1.29 is 18.7 Å². The van der Waals surface area contributed by atoms with E-state index in [0.717, 1.165) is 5.56 Å². The number of hydrogen-bond donors (Lipinski definition) is 1. The van der Waals surface area contributed by atoms with Gasteiger partial charge in [-0.3, -0.25) is 4.79 Å². The molecule has 3 aromatic carbocycles. The summed E-state index contributed by atoms with van der Waals surface area (Å²) < 4.78 is 25.6. The number of rotatable bonds is 9. The van der Waals surface area contributed by atoms with E-state index in [1.54, 1.807) is 24.3 Å². The highest BCUT2D eigenvalue weighted by atomic mass is 79.9. The first-order valence-electron chi connectivity index (χ1n) is 10.7. The third-order valence-electron chi connectivity index (χ3n) is 4.96. The number of amides is 1. The Kier molecular flexibility index (Phi) is 8.83. The highest BCUT2D eigenvalue weighted by Gasteiger charge is 2.16. The number of nitrogens with zero attached hydrogens (tertiary/aromatic N) is 1. The predicted octanol–water partition coefficient (Wildman–Crippen LogP) is 6.35. The van der Waals surface area contributed by atoms with Crippen LogP contribution < -0.4 is 14.8 Å². The normalized spacial score (nSPS) is 11.9. The van der Waals surface area contributed by atoms with Crippen molar-refractivity contribution in [2.45, 2.75) is 26.5 Å². The van der Waals surface area contributed by atoms with Gasteiger partial charge < -0.3 is 14.8 Å². The Balaban J connectivity index is 1.82. The number of carbonyl (C=O) groups is 1. The van der Waals surface area contributed by atoms with Crippen LogP contribution >= 0.6 is 15.9 Å². The first-order chi connectivity index (χ1) is 16.4. The number of halogens is 2. The van der Waals surface area contributed by atoms with Crippen molar-refractivity contribution in [3.05, 3.63) is 99.3 Å². The van der Waals surface area contributed by atoms with Crippen LogP contribution in [0.2, 0.25) is 0 Å². The first-order valence-corrected chi connectivity index (χ1v) is 11.5. The minimum atomic E-state index is -0.477. The van der Waals surface area contributed by atoms with Gasteiger partial charge in [0.25, 0.3) is 5.91 Å². The Hall–Kier alpha value is -3.63. The molecule has 174 valence electrons. The van der Waals surface area contributed by atoms with E-state index in [4.69, 9.17) is 9.47 Å². The van der Waals surface area contributed by atoms with E-state index in [1.807, 2.05) is 50.2 Å². The van der Waals surface area contributed by atoms with Crippen molar-refractivity contribution in [2.24, 2.45) is 0 Å². The smallest absolute Gasteiger partial charge is 0.262 e. The summed E-state index contributed by atoms with van der Waals surface area (Å²) in [7, 11) is 0. The van der Waals surface area contributed by atoms with Crippen molar-refractivity contribution in [1.82, 2.24) is 5.32 Å². The van der Waals surface area contributed by atoms with E-state index in [-0.39, 0.29) is 24.0 Å². The average molecular weight is 523 g/mol. The fourth-order valence-corrected chi connectivity index (χ4v) is 3.67. The highest BCUT2D eigenvalue weighted by Crippen LogP contribution is 2.35. The number of hydrogen-bond acceptors (Lipinski definition) is 4.